The normalized spacial score (nSPS) is 10.2. The van der Waals surface area contributed by atoms with Crippen molar-refractivity contribution in [2.24, 2.45) is 0 Å². The van der Waals surface area contributed by atoms with Gasteiger partial charge in [-0.1, -0.05) is 12.1 Å². The van der Waals surface area contributed by atoms with Crippen molar-refractivity contribution in [3.8, 4) is 0 Å². The monoisotopic (exact) mass is 243 g/mol. The zero-order chi connectivity index (χ0) is 13.0. The molecule has 0 aliphatic carbocycles. The van der Waals surface area contributed by atoms with Crippen molar-refractivity contribution in [3.63, 3.8) is 0 Å². The van der Waals surface area contributed by atoms with Crippen LogP contribution in [0.4, 0.5) is 11.4 Å². The smallest absolute Gasteiger partial charge is 0.292 e. The summed E-state index contributed by atoms with van der Waals surface area (Å²) in [7, 11) is 0. The van der Waals surface area contributed by atoms with Crippen molar-refractivity contribution >= 4 is 11.4 Å². The van der Waals surface area contributed by atoms with Gasteiger partial charge in [-0.3, -0.25) is 15.1 Å². The van der Waals surface area contributed by atoms with E-state index >= 15 is 0 Å². The molecule has 0 fully saturated rings. The van der Waals surface area contributed by atoms with Crippen molar-refractivity contribution in [3.05, 3.63) is 64.0 Å². The highest BCUT2D eigenvalue weighted by Crippen LogP contribution is 2.25. The summed E-state index contributed by atoms with van der Waals surface area (Å²) >= 11 is 0. The molecule has 2 rings (SSSR count). The number of pyridine rings is 1. The highest BCUT2D eigenvalue weighted by atomic mass is 16.6. The molecule has 1 aromatic heterocycles. The Morgan fingerprint density at radius 3 is 2.56 bits per heavy atom. The number of hydrogen-bond acceptors (Lipinski definition) is 4. The van der Waals surface area contributed by atoms with Gasteiger partial charge in [-0.25, -0.2) is 0 Å². The quantitative estimate of drug-likeness (QED) is 0.507. The van der Waals surface area contributed by atoms with E-state index in [0.717, 1.165) is 17.5 Å². The Balaban J connectivity index is 2.15. The molecule has 0 aliphatic heterocycles. The van der Waals surface area contributed by atoms with Crippen molar-refractivity contribution in [1.29, 1.82) is 0 Å². The first-order valence-corrected chi connectivity index (χ1v) is 5.59. The van der Waals surface area contributed by atoms with Gasteiger partial charge in [-0.15, -0.1) is 0 Å². The van der Waals surface area contributed by atoms with Crippen LogP contribution in [0.25, 0.3) is 0 Å². The number of nitrogens with zero attached hydrogens (tertiary/aromatic N) is 2. The van der Waals surface area contributed by atoms with E-state index in [-0.39, 0.29) is 11.4 Å². The number of hydrogen-bond donors (Lipinski definition) is 1. The van der Waals surface area contributed by atoms with Crippen LogP contribution >= 0.6 is 0 Å². The highest BCUT2D eigenvalue weighted by molar-refractivity contribution is 5.63. The molecule has 5 nitrogen and oxygen atoms in total. The van der Waals surface area contributed by atoms with E-state index in [4.69, 9.17) is 5.73 Å². The number of nitro groups is 1. The third-order valence-corrected chi connectivity index (χ3v) is 2.80. The fourth-order valence-corrected chi connectivity index (χ4v) is 1.81. The standard InChI is InChI=1S/C13H13N3O2/c14-13-11(2-1-3-12(13)16(17)18)5-4-10-6-8-15-9-7-10/h1-3,6-9H,4-5,14H2. The lowest BCUT2D eigenvalue weighted by Gasteiger charge is -2.06. The van der Waals surface area contributed by atoms with Crippen LogP contribution in [0.5, 0.6) is 0 Å². The summed E-state index contributed by atoms with van der Waals surface area (Å²) in [5.41, 5.74) is 7.97. The van der Waals surface area contributed by atoms with Gasteiger partial charge < -0.3 is 5.73 Å². The average Bonchev–Trinajstić information content (AvgIpc) is 2.38. The molecule has 0 atom stereocenters. The van der Waals surface area contributed by atoms with E-state index in [9.17, 15) is 10.1 Å². The summed E-state index contributed by atoms with van der Waals surface area (Å²) < 4.78 is 0. The van der Waals surface area contributed by atoms with Crippen LogP contribution in [0.15, 0.2) is 42.7 Å². The number of anilines is 1. The number of benzene rings is 1. The predicted octanol–water partition coefficient (Wildman–Crippen LogP) is 2.36. The van der Waals surface area contributed by atoms with Crippen LogP contribution in [0.1, 0.15) is 11.1 Å². The Labute approximate surface area is 104 Å². The van der Waals surface area contributed by atoms with Crippen LogP contribution < -0.4 is 5.73 Å². The maximum atomic E-state index is 10.8. The first kappa shape index (κ1) is 12.0. The van der Waals surface area contributed by atoms with Crippen LogP contribution in [0.3, 0.4) is 0 Å². The molecule has 2 aromatic rings. The van der Waals surface area contributed by atoms with E-state index < -0.39 is 4.92 Å². The molecule has 1 aromatic carbocycles. The number of nitro benzene ring substituents is 1. The molecule has 92 valence electrons. The van der Waals surface area contributed by atoms with Gasteiger partial charge in [0, 0.05) is 18.5 Å². The van der Waals surface area contributed by atoms with Gasteiger partial charge in [0.1, 0.15) is 5.69 Å². The molecule has 2 N–H and O–H groups in total. The van der Waals surface area contributed by atoms with Gasteiger partial charge in [-0.2, -0.15) is 0 Å². The summed E-state index contributed by atoms with van der Waals surface area (Å²) in [5, 5.41) is 10.8. The lowest BCUT2D eigenvalue weighted by Crippen LogP contribution is -2.01. The maximum Gasteiger partial charge on any atom is 0.292 e. The minimum atomic E-state index is -0.453. The first-order valence-electron chi connectivity index (χ1n) is 5.59. The summed E-state index contributed by atoms with van der Waals surface area (Å²) in [6.07, 6.45) is 4.92. The molecule has 0 spiro atoms. The SMILES string of the molecule is Nc1c(CCc2ccncc2)cccc1[N+](=O)[O-]. The van der Waals surface area contributed by atoms with Gasteiger partial charge in [0.15, 0.2) is 0 Å². The first-order chi connectivity index (χ1) is 8.68. The summed E-state index contributed by atoms with van der Waals surface area (Å²) in [4.78, 5) is 14.3. The van der Waals surface area contributed by atoms with Gasteiger partial charge in [0.2, 0.25) is 0 Å². The van der Waals surface area contributed by atoms with Gasteiger partial charge in [0.25, 0.3) is 5.69 Å². The second-order valence-corrected chi connectivity index (χ2v) is 3.96. The summed E-state index contributed by atoms with van der Waals surface area (Å²) in [5.74, 6) is 0. The molecule has 0 aliphatic rings. The predicted molar refractivity (Wildman–Crippen MR) is 69.2 cm³/mol. The molecule has 0 saturated heterocycles. The molecule has 1 heterocycles. The zero-order valence-corrected chi connectivity index (χ0v) is 9.74. The van der Waals surface area contributed by atoms with Crippen LogP contribution in [-0.2, 0) is 12.8 Å². The Morgan fingerprint density at radius 2 is 1.89 bits per heavy atom. The number of rotatable bonds is 4. The molecule has 0 saturated carbocycles. The minimum absolute atomic E-state index is 0.0257. The van der Waals surface area contributed by atoms with E-state index in [1.807, 2.05) is 18.2 Å². The molecule has 5 heteroatoms. The fourth-order valence-electron chi connectivity index (χ4n) is 1.81. The number of nitrogen functional groups attached to an aromatic ring is 1. The molecule has 0 radical (unpaired) electrons. The van der Waals surface area contributed by atoms with Crippen molar-refractivity contribution in [1.82, 2.24) is 4.98 Å². The van der Waals surface area contributed by atoms with E-state index in [2.05, 4.69) is 4.98 Å². The van der Waals surface area contributed by atoms with Crippen LogP contribution in [-0.4, -0.2) is 9.91 Å². The molecule has 0 amide bonds. The van der Waals surface area contributed by atoms with Crippen LogP contribution in [0.2, 0.25) is 0 Å². The second kappa shape index (κ2) is 5.27. The summed E-state index contributed by atoms with van der Waals surface area (Å²) in [6.45, 7) is 0. The van der Waals surface area contributed by atoms with Gasteiger partial charge in [-0.05, 0) is 36.1 Å². The average molecular weight is 243 g/mol. The molecule has 0 bridgehead atoms. The third-order valence-electron chi connectivity index (χ3n) is 2.80. The Kier molecular flexibility index (Phi) is 3.52. The van der Waals surface area contributed by atoms with E-state index in [1.54, 1.807) is 18.5 Å². The topological polar surface area (TPSA) is 82.0 Å². The van der Waals surface area contributed by atoms with E-state index in [0.29, 0.717) is 6.42 Å². The number of para-hydroxylation sites is 1. The van der Waals surface area contributed by atoms with Crippen molar-refractivity contribution < 1.29 is 4.92 Å². The second-order valence-electron chi connectivity index (χ2n) is 3.96. The number of aromatic nitrogens is 1. The molecular formula is C13H13N3O2. The Hall–Kier alpha value is -2.43. The Morgan fingerprint density at radius 1 is 1.17 bits per heavy atom. The van der Waals surface area contributed by atoms with Crippen molar-refractivity contribution in [2.75, 3.05) is 5.73 Å². The minimum Gasteiger partial charge on any atom is -0.393 e. The molecule has 0 unspecified atom stereocenters. The number of aryl methyl sites for hydroxylation is 2. The summed E-state index contributed by atoms with van der Waals surface area (Å²) in [6, 6.07) is 8.76. The number of nitrogens with two attached hydrogens (primary N) is 1. The van der Waals surface area contributed by atoms with Gasteiger partial charge in [0.05, 0.1) is 4.92 Å². The Bertz CT molecular complexity index is 555. The largest absolute Gasteiger partial charge is 0.393 e. The van der Waals surface area contributed by atoms with Crippen molar-refractivity contribution in [2.45, 2.75) is 12.8 Å². The maximum absolute atomic E-state index is 10.8. The molecule has 18 heavy (non-hydrogen) atoms. The van der Waals surface area contributed by atoms with Gasteiger partial charge >= 0.3 is 0 Å². The van der Waals surface area contributed by atoms with Crippen LogP contribution in [0, 0.1) is 10.1 Å². The van der Waals surface area contributed by atoms with E-state index in [1.165, 1.54) is 6.07 Å². The third kappa shape index (κ3) is 2.63. The lowest BCUT2D eigenvalue weighted by molar-refractivity contribution is -0.383. The lowest BCUT2D eigenvalue weighted by atomic mass is 10.0. The fraction of sp³-hybridized carbons (Fsp3) is 0.154. The highest BCUT2D eigenvalue weighted by Gasteiger charge is 2.13. The zero-order valence-electron chi connectivity index (χ0n) is 9.74. The molecular weight excluding hydrogens is 230 g/mol.